The molecule has 7 heteroatoms. The number of para-hydroxylation sites is 1. The molecule has 2 rings (SSSR count). The number of hydrogen-bond acceptors (Lipinski definition) is 3. The fourth-order valence-corrected chi connectivity index (χ4v) is 2.13. The topological polar surface area (TPSA) is 68.1 Å². The van der Waals surface area contributed by atoms with Crippen molar-refractivity contribution >= 4 is 16.9 Å². The minimum atomic E-state index is -4.44. The summed E-state index contributed by atoms with van der Waals surface area (Å²) >= 11 is 0. The average molecular weight is 300 g/mol. The number of carbonyl (C=O) groups is 1. The van der Waals surface area contributed by atoms with E-state index in [0.717, 1.165) is 6.07 Å². The molecule has 1 aromatic carbocycles. The van der Waals surface area contributed by atoms with Crippen LogP contribution in [0.15, 0.2) is 24.3 Å². The molecule has 1 aromatic heterocycles. The van der Waals surface area contributed by atoms with E-state index in [4.69, 9.17) is 10.5 Å². The van der Waals surface area contributed by atoms with Gasteiger partial charge in [0.1, 0.15) is 6.04 Å². The minimum Gasteiger partial charge on any atom is -0.465 e. The Morgan fingerprint density at radius 3 is 2.76 bits per heavy atom. The summed E-state index contributed by atoms with van der Waals surface area (Å²) in [7, 11) is 0. The quantitative estimate of drug-likeness (QED) is 0.853. The number of aromatic amines is 1. The van der Waals surface area contributed by atoms with Crippen molar-refractivity contribution in [3.05, 3.63) is 35.5 Å². The molecule has 1 unspecified atom stereocenters. The molecule has 4 nitrogen and oxygen atoms in total. The smallest absolute Gasteiger partial charge is 0.418 e. The lowest BCUT2D eigenvalue weighted by Crippen LogP contribution is -2.34. The molecule has 0 aliphatic heterocycles. The van der Waals surface area contributed by atoms with E-state index in [1.807, 2.05) is 0 Å². The molecule has 0 spiro atoms. The number of nitrogens with one attached hydrogen (secondary N) is 1. The molecule has 3 N–H and O–H groups in total. The zero-order valence-corrected chi connectivity index (χ0v) is 11.3. The van der Waals surface area contributed by atoms with Crippen molar-refractivity contribution in [1.82, 2.24) is 4.98 Å². The van der Waals surface area contributed by atoms with Crippen molar-refractivity contribution in [1.29, 1.82) is 0 Å². The molecule has 0 saturated carbocycles. The van der Waals surface area contributed by atoms with Gasteiger partial charge in [-0.1, -0.05) is 12.1 Å². The Morgan fingerprint density at radius 1 is 1.43 bits per heavy atom. The second-order valence-electron chi connectivity index (χ2n) is 4.62. The Hall–Kier alpha value is -2.02. The second-order valence-corrected chi connectivity index (χ2v) is 4.62. The third-order valence-electron chi connectivity index (χ3n) is 3.05. The summed E-state index contributed by atoms with van der Waals surface area (Å²) in [5, 5.41) is 0.427. The van der Waals surface area contributed by atoms with Crippen LogP contribution >= 0.6 is 0 Å². The van der Waals surface area contributed by atoms with Gasteiger partial charge in [-0.3, -0.25) is 4.79 Å². The van der Waals surface area contributed by atoms with Gasteiger partial charge < -0.3 is 15.5 Å². The van der Waals surface area contributed by atoms with Gasteiger partial charge >= 0.3 is 12.1 Å². The number of H-pyrrole nitrogens is 1. The molecule has 1 atom stereocenters. The van der Waals surface area contributed by atoms with E-state index < -0.39 is 23.8 Å². The molecule has 0 radical (unpaired) electrons. The Balaban J connectivity index is 2.29. The summed E-state index contributed by atoms with van der Waals surface area (Å²) in [6.45, 7) is 1.86. The number of alkyl halides is 3. The molecule has 0 aliphatic rings. The van der Waals surface area contributed by atoms with E-state index in [-0.39, 0.29) is 18.5 Å². The number of carbonyl (C=O) groups excluding carboxylic acids is 1. The van der Waals surface area contributed by atoms with Crippen LogP contribution in [0.25, 0.3) is 10.9 Å². The van der Waals surface area contributed by atoms with Gasteiger partial charge in [0.25, 0.3) is 0 Å². The summed E-state index contributed by atoms with van der Waals surface area (Å²) in [6, 6.07) is 4.57. The van der Waals surface area contributed by atoms with Gasteiger partial charge in [-0.2, -0.15) is 13.2 Å². The number of aromatic nitrogens is 1. The van der Waals surface area contributed by atoms with Gasteiger partial charge in [0.2, 0.25) is 0 Å². The number of hydrogen-bond donors (Lipinski definition) is 2. The molecular formula is C14H15F3N2O2. The maximum atomic E-state index is 12.9. The van der Waals surface area contributed by atoms with Gasteiger partial charge in [-0.05, 0) is 19.1 Å². The number of fused-ring (bicyclic) bond motifs is 1. The van der Waals surface area contributed by atoms with E-state index in [9.17, 15) is 18.0 Å². The van der Waals surface area contributed by atoms with Gasteiger partial charge in [-0.25, -0.2) is 0 Å². The predicted octanol–water partition coefficient (Wildman–Crippen LogP) is 2.62. The molecule has 2 aromatic rings. The summed E-state index contributed by atoms with van der Waals surface area (Å²) in [4.78, 5) is 14.1. The molecule has 0 saturated heterocycles. The predicted molar refractivity (Wildman–Crippen MR) is 71.6 cm³/mol. The molecular weight excluding hydrogens is 285 g/mol. The standard InChI is InChI=1S/C14H15F3N2O2/c1-2-21-13(20)11(18)7-9-6-8-4-3-5-10(12(8)19-9)14(15,16)17/h3-6,11,19H,2,7,18H2,1H3. The van der Waals surface area contributed by atoms with Gasteiger partial charge in [0, 0.05) is 17.5 Å². The first-order valence-corrected chi connectivity index (χ1v) is 6.43. The maximum Gasteiger partial charge on any atom is 0.418 e. The molecule has 0 aliphatic carbocycles. The van der Waals surface area contributed by atoms with Crippen LogP contribution in [-0.4, -0.2) is 23.6 Å². The first kappa shape index (κ1) is 15.4. The first-order chi connectivity index (χ1) is 9.82. The van der Waals surface area contributed by atoms with Crippen molar-refractivity contribution in [2.45, 2.75) is 25.6 Å². The van der Waals surface area contributed by atoms with Crippen LogP contribution in [0.5, 0.6) is 0 Å². The third kappa shape index (κ3) is 3.36. The number of ether oxygens (including phenoxy) is 1. The Labute approximate surface area is 119 Å². The zero-order valence-electron chi connectivity index (χ0n) is 11.3. The molecule has 0 fully saturated rings. The fourth-order valence-electron chi connectivity index (χ4n) is 2.13. The monoisotopic (exact) mass is 300 g/mol. The van der Waals surface area contributed by atoms with Crippen LogP contribution in [0.2, 0.25) is 0 Å². The number of rotatable bonds is 4. The van der Waals surface area contributed by atoms with Crippen LogP contribution in [0.4, 0.5) is 13.2 Å². The van der Waals surface area contributed by atoms with E-state index in [1.54, 1.807) is 19.1 Å². The molecule has 114 valence electrons. The van der Waals surface area contributed by atoms with Gasteiger partial charge in [0.05, 0.1) is 17.7 Å². The number of benzene rings is 1. The third-order valence-corrected chi connectivity index (χ3v) is 3.05. The lowest BCUT2D eigenvalue weighted by molar-refractivity contribution is -0.144. The van der Waals surface area contributed by atoms with Crippen LogP contribution in [0, 0.1) is 0 Å². The highest BCUT2D eigenvalue weighted by Gasteiger charge is 2.33. The van der Waals surface area contributed by atoms with E-state index in [1.165, 1.54) is 6.07 Å². The summed E-state index contributed by atoms with van der Waals surface area (Å²) in [5.41, 5.74) is 5.38. The number of nitrogens with two attached hydrogens (primary N) is 1. The highest BCUT2D eigenvalue weighted by molar-refractivity contribution is 5.84. The van der Waals surface area contributed by atoms with Crippen LogP contribution < -0.4 is 5.73 Å². The fraction of sp³-hybridized carbons (Fsp3) is 0.357. The lowest BCUT2D eigenvalue weighted by Gasteiger charge is -2.09. The minimum absolute atomic E-state index is 0.00365. The van der Waals surface area contributed by atoms with E-state index in [2.05, 4.69) is 4.98 Å². The summed E-state index contributed by atoms with van der Waals surface area (Å²) < 4.78 is 43.5. The second kappa shape index (κ2) is 5.77. The van der Waals surface area contributed by atoms with Crippen LogP contribution in [0.3, 0.4) is 0 Å². The molecule has 0 bridgehead atoms. The van der Waals surface area contributed by atoms with Crippen molar-refractivity contribution in [3.63, 3.8) is 0 Å². The molecule has 1 heterocycles. The molecule has 21 heavy (non-hydrogen) atoms. The largest absolute Gasteiger partial charge is 0.465 e. The Kier molecular flexibility index (Phi) is 4.22. The SMILES string of the molecule is CCOC(=O)C(N)Cc1cc2cccc(C(F)(F)F)c2[nH]1. The van der Waals surface area contributed by atoms with E-state index >= 15 is 0 Å². The van der Waals surface area contributed by atoms with Crippen LogP contribution in [0.1, 0.15) is 18.2 Å². The highest BCUT2D eigenvalue weighted by Crippen LogP contribution is 2.34. The molecule has 0 amide bonds. The average Bonchev–Trinajstić information content (AvgIpc) is 2.79. The first-order valence-electron chi connectivity index (χ1n) is 6.43. The van der Waals surface area contributed by atoms with Crippen LogP contribution in [-0.2, 0) is 22.1 Å². The van der Waals surface area contributed by atoms with Crippen molar-refractivity contribution < 1.29 is 22.7 Å². The number of halogens is 3. The summed E-state index contributed by atoms with van der Waals surface area (Å²) in [5.74, 6) is -0.577. The highest BCUT2D eigenvalue weighted by atomic mass is 19.4. The van der Waals surface area contributed by atoms with Gasteiger partial charge in [-0.15, -0.1) is 0 Å². The maximum absolute atomic E-state index is 12.9. The number of esters is 1. The summed E-state index contributed by atoms with van der Waals surface area (Å²) in [6.07, 6.45) is -4.35. The zero-order chi connectivity index (χ0) is 15.6. The van der Waals surface area contributed by atoms with E-state index in [0.29, 0.717) is 11.1 Å². The normalized spacial score (nSPS) is 13.4. The van der Waals surface area contributed by atoms with Crippen molar-refractivity contribution in [3.8, 4) is 0 Å². The Morgan fingerprint density at radius 2 is 2.14 bits per heavy atom. The lowest BCUT2D eigenvalue weighted by atomic mass is 10.1. The Bertz CT molecular complexity index is 649. The van der Waals surface area contributed by atoms with Crippen molar-refractivity contribution in [2.75, 3.05) is 6.61 Å². The van der Waals surface area contributed by atoms with Crippen molar-refractivity contribution in [2.24, 2.45) is 5.73 Å². The van der Waals surface area contributed by atoms with Gasteiger partial charge in [0.15, 0.2) is 0 Å².